The molecule has 1 aromatic carbocycles. The van der Waals surface area contributed by atoms with Crippen molar-refractivity contribution < 1.29 is 9.47 Å². The van der Waals surface area contributed by atoms with Gasteiger partial charge in [0.05, 0.1) is 35.5 Å². The number of hydrogen-bond donors (Lipinski definition) is 0. The summed E-state index contributed by atoms with van der Waals surface area (Å²) in [6.07, 6.45) is 2.97. The van der Waals surface area contributed by atoms with Crippen molar-refractivity contribution in [3.8, 4) is 6.07 Å². The second kappa shape index (κ2) is 4.98. The van der Waals surface area contributed by atoms with Gasteiger partial charge in [-0.15, -0.1) is 0 Å². The maximum Gasteiger partial charge on any atom is 0.0995 e. The number of benzene rings is 1. The molecule has 0 N–H and O–H groups in total. The van der Waals surface area contributed by atoms with E-state index in [-0.39, 0.29) is 17.3 Å². The van der Waals surface area contributed by atoms with Gasteiger partial charge in [0.25, 0.3) is 0 Å². The topological polar surface area (TPSA) is 42.2 Å². The van der Waals surface area contributed by atoms with Crippen molar-refractivity contribution in [2.24, 2.45) is 0 Å². The van der Waals surface area contributed by atoms with Crippen LogP contribution in [0.15, 0.2) is 36.4 Å². The van der Waals surface area contributed by atoms with Crippen molar-refractivity contribution in [1.29, 1.82) is 5.26 Å². The molecule has 0 aliphatic carbocycles. The molecule has 3 atom stereocenters. The summed E-state index contributed by atoms with van der Waals surface area (Å²) in [5.41, 5.74) is 2.29. The molecule has 0 saturated carbocycles. The van der Waals surface area contributed by atoms with Gasteiger partial charge in [-0.25, -0.2) is 0 Å². The Hall–Kier alpha value is -1.63. The summed E-state index contributed by atoms with van der Waals surface area (Å²) in [6.45, 7) is 8.72. The Bertz CT molecular complexity index is 618. The minimum Gasteiger partial charge on any atom is -0.370 e. The van der Waals surface area contributed by atoms with Crippen molar-refractivity contribution in [2.45, 2.75) is 57.0 Å². The molecule has 0 amide bonds. The molecule has 0 radical (unpaired) electrons. The van der Waals surface area contributed by atoms with E-state index >= 15 is 0 Å². The van der Waals surface area contributed by atoms with Crippen LogP contribution in [0, 0.1) is 11.3 Å². The van der Waals surface area contributed by atoms with Gasteiger partial charge in [-0.3, -0.25) is 0 Å². The van der Waals surface area contributed by atoms with Crippen LogP contribution in [-0.2, 0) is 16.1 Å². The van der Waals surface area contributed by atoms with Crippen LogP contribution in [0.25, 0.3) is 0 Å². The van der Waals surface area contributed by atoms with Gasteiger partial charge in [-0.05, 0) is 43.9 Å². The Kier molecular flexibility index (Phi) is 3.39. The molecule has 110 valence electrons. The van der Waals surface area contributed by atoms with E-state index in [4.69, 9.17) is 14.7 Å². The van der Waals surface area contributed by atoms with E-state index in [9.17, 15) is 0 Å². The number of fused-ring (bicyclic) bond motifs is 2. The summed E-state index contributed by atoms with van der Waals surface area (Å²) < 4.78 is 12.4. The van der Waals surface area contributed by atoms with E-state index in [0.29, 0.717) is 12.2 Å². The molecule has 0 aromatic heterocycles. The summed E-state index contributed by atoms with van der Waals surface area (Å²) in [5, 5.41) is 9.14. The van der Waals surface area contributed by atoms with Crippen LogP contribution in [0.2, 0.25) is 0 Å². The van der Waals surface area contributed by atoms with Crippen LogP contribution >= 0.6 is 0 Å². The monoisotopic (exact) mass is 283 g/mol. The van der Waals surface area contributed by atoms with E-state index in [1.165, 1.54) is 0 Å². The predicted octanol–water partition coefficient (Wildman–Crippen LogP) is 3.73. The third-order valence-corrected chi connectivity index (χ3v) is 5.01. The van der Waals surface area contributed by atoms with Crippen molar-refractivity contribution in [3.63, 3.8) is 0 Å². The zero-order valence-corrected chi connectivity index (χ0v) is 12.7. The van der Waals surface area contributed by atoms with Gasteiger partial charge in [-0.2, -0.15) is 5.26 Å². The Balaban J connectivity index is 1.73. The fourth-order valence-electron chi connectivity index (χ4n) is 3.54. The van der Waals surface area contributed by atoms with Gasteiger partial charge in [0, 0.05) is 6.42 Å². The summed E-state index contributed by atoms with van der Waals surface area (Å²) in [4.78, 5) is 0. The minimum absolute atomic E-state index is 0.0645. The highest BCUT2D eigenvalue weighted by Crippen LogP contribution is 2.54. The van der Waals surface area contributed by atoms with Crippen molar-refractivity contribution in [2.75, 3.05) is 0 Å². The van der Waals surface area contributed by atoms with E-state index in [0.717, 1.165) is 30.4 Å². The molecule has 0 spiro atoms. The molecule has 3 nitrogen and oxygen atoms in total. The third kappa shape index (κ3) is 2.29. The first-order valence-corrected chi connectivity index (χ1v) is 7.45. The maximum atomic E-state index is 9.14. The van der Waals surface area contributed by atoms with Crippen LogP contribution in [0.1, 0.15) is 44.2 Å². The van der Waals surface area contributed by atoms with E-state index in [1.807, 2.05) is 31.2 Å². The van der Waals surface area contributed by atoms with Crippen LogP contribution < -0.4 is 0 Å². The SMILES string of the molecule is C=C(C)C12CCC(C)(O1)C(OCc1ccccc1C#N)C2. The highest BCUT2D eigenvalue weighted by molar-refractivity contribution is 5.36. The molecule has 2 saturated heterocycles. The van der Waals surface area contributed by atoms with Crippen LogP contribution in [0.5, 0.6) is 0 Å². The third-order valence-electron chi connectivity index (χ3n) is 5.01. The van der Waals surface area contributed by atoms with Gasteiger partial charge in [0.2, 0.25) is 0 Å². The van der Waals surface area contributed by atoms with E-state index < -0.39 is 0 Å². The zero-order chi connectivity index (χ0) is 15.1. The summed E-state index contributed by atoms with van der Waals surface area (Å²) >= 11 is 0. The first-order chi connectivity index (χ1) is 9.99. The molecule has 2 fully saturated rings. The number of ether oxygens (including phenoxy) is 2. The van der Waals surface area contributed by atoms with Gasteiger partial charge < -0.3 is 9.47 Å². The molecule has 3 rings (SSSR count). The number of hydrogen-bond acceptors (Lipinski definition) is 3. The lowest BCUT2D eigenvalue weighted by atomic mass is 9.78. The second-order valence-electron chi connectivity index (χ2n) is 6.46. The molecule has 2 aliphatic rings. The predicted molar refractivity (Wildman–Crippen MR) is 80.6 cm³/mol. The van der Waals surface area contributed by atoms with E-state index in [1.54, 1.807) is 0 Å². The molecule has 2 bridgehead atoms. The lowest BCUT2D eigenvalue weighted by Gasteiger charge is -2.30. The number of nitrogens with zero attached hydrogens (tertiary/aromatic N) is 1. The molecule has 2 heterocycles. The number of nitriles is 1. The fourth-order valence-corrected chi connectivity index (χ4v) is 3.54. The summed E-state index contributed by atoms with van der Waals surface area (Å²) in [5.74, 6) is 0. The molecule has 3 heteroatoms. The van der Waals surface area contributed by atoms with Crippen LogP contribution in [0.4, 0.5) is 0 Å². The zero-order valence-electron chi connectivity index (χ0n) is 12.7. The maximum absolute atomic E-state index is 9.14. The first kappa shape index (κ1) is 14.3. The molecule has 3 unspecified atom stereocenters. The Morgan fingerprint density at radius 1 is 1.48 bits per heavy atom. The average Bonchev–Trinajstić information content (AvgIpc) is 2.97. The summed E-state index contributed by atoms with van der Waals surface area (Å²) in [7, 11) is 0. The molecule has 21 heavy (non-hydrogen) atoms. The normalized spacial score (nSPS) is 33.9. The quantitative estimate of drug-likeness (QED) is 0.791. The largest absolute Gasteiger partial charge is 0.370 e. The van der Waals surface area contributed by atoms with E-state index in [2.05, 4.69) is 19.6 Å². The Labute approximate surface area is 126 Å². The van der Waals surface area contributed by atoms with Crippen molar-refractivity contribution in [1.82, 2.24) is 0 Å². The lowest BCUT2D eigenvalue weighted by Crippen LogP contribution is -2.37. The van der Waals surface area contributed by atoms with Crippen LogP contribution in [-0.4, -0.2) is 17.3 Å². The number of rotatable bonds is 4. The van der Waals surface area contributed by atoms with Crippen LogP contribution in [0.3, 0.4) is 0 Å². The average molecular weight is 283 g/mol. The summed E-state index contributed by atoms with van der Waals surface area (Å²) in [6, 6.07) is 9.80. The second-order valence-corrected chi connectivity index (χ2v) is 6.46. The molecule has 2 aliphatic heterocycles. The fraction of sp³-hybridized carbons (Fsp3) is 0.500. The van der Waals surface area contributed by atoms with Gasteiger partial charge in [-0.1, -0.05) is 24.8 Å². The van der Waals surface area contributed by atoms with Crippen molar-refractivity contribution in [3.05, 3.63) is 47.5 Å². The van der Waals surface area contributed by atoms with Gasteiger partial charge in [0.1, 0.15) is 0 Å². The molecular weight excluding hydrogens is 262 g/mol. The van der Waals surface area contributed by atoms with Gasteiger partial charge >= 0.3 is 0 Å². The van der Waals surface area contributed by atoms with Gasteiger partial charge in [0.15, 0.2) is 0 Å². The standard InChI is InChI=1S/C18H21NO2/c1-13(2)18-9-8-17(3,21-18)16(10-18)20-12-15-7-5-4-6-14(15)11-19/h4-7,16H,1,8-10,12H2,2-3H3. The highest BCUT2D eigenvalue weighted by atomic mass is 16.6. The lowest BCUT2D eigenvalue weighted by molar-refractivity contribution is -0.0797. The Morgan fingerprint density at radius 3 is 2.90 bits per heavy atom. The molecule has 1 aromatic rings. The smallest absolute Gasteiger partial charge is 0.0995 e. The minimum atomic E-state index is -0.222. The Morgan fingerprint density at radius 2 is 2.24 bits per heavy atom. The van der Waals surface area contributed by atoms with Crippen molar-refractivity contribution >= 4 is 0 Å². The first-order valence-electron chi connectivity index (χ1n) is 7.45. The molecular formula is C18H21NO2. The highest BCUT2D eigenvalue weighted by Gasteiger charge is 2.59.